The lowest BCUT2D eigenvalue weighted by Crippen LogP contribution is -1.83. The summed E-state index contributed by atoms with van der Waals surface area (Å²) in [6, 6.07) is 8.77. The third-order valence-corrected chi connectivity index (χ3v) is 1.81. The molecule has 0 bridgehead atoms. The van der Waals surface area contributed by atoms with Crippen molar-refractivity contribution in [3.8, 4) is 0 Å². The molecule has 0 unspecified atom stereocenters. The Kier molecular flexibility index (Phi) is 13.3. The highest BCUT2D eigenvalue weighted by molar-refractivity contribution is 5.26. The summed E-state index contributed by atoms with van der Waals surface area (Å²) in [5, 5.41) is 10.8. The van der Waals surface area contributed by atoms with Gasteiger partial charge in [0.2, 0.25) is 12.2 Å². The highest BCUT2D eigenvalue weighted by atomic mass is 16.1. The summed E-state index contributed by atoms with van der Waals surface area (Å²) in [6.45, 7) is 4.38. The van der Waals surface area contributed by atoms with Crippen molar-refractivity contribution in [1.29, 1.82) is 10.8 Å². The average molecular weight is 220 g/mol. The van der Waals surface area contributed by atoms with E-state index in [1.807, 2.05) is 0 Å². The molecule has 0 amide bonds. The number of isocyanates is 2. The molecule has 0 aromatic heterocycles. The van der Waals surface area contributed by atoms with Crippen molar-refractivity contribution in [1.82, 2.24) is 0 Å². The van der Waals surface area contributed by atoms with Gasteiger partial charge in [-0.2, -0.15) is 0 Å². The van der Waals surface area contributed by atoms with Crippen molar-refractivity contribution >= 4 is 12.2 Å². The summed E-state index contributed by atoms with van der Waals surface area (Å²) in [5.74, 6) is 0. The Balaban J connectivity index is 0. The van der Waals surface area contributed by atoms with Gasteiger partial charge in [0, 0.05) is 0 Å². The summed E-state index contributed by atoms with van der Waals surface area (Å²) in [4.78, 5) is 16.7. The fourth-order valence-electron chi connectivity index (χ4n) is 1.07. The van der Waals surface area contributed by atoms with Gasteiger partial charge in [0.1, 0.15) is 0 Å². The predicted molar refractivity (Wildman–Crippen MR) is 62.0 cm³/mol. The van der Waals surface area contributed by atoms with Gasteiger partial charge in [0.15, 0.2) is 0 Å². The van der Waals surface area contributed by atoms with Crippen molar-refractivity contribution in [2.45, 2.75) is 26.7 Å². The third-order valence-electron chi connectivity index (χ3n) is 1.81. The molecule has 0 aliphatic carbocycles. The number of hydrogen-bond donors (Lipinski definition) is 2. The number of nitrogens with one attached hydrogen (secondary N) is 2. The van der Waals surface area contributed by atoms with E-state index in [4.69, 9.17) is 20.4 Å². The van der Waals surface area contributed by atoms with Crippen LogP contribution in [0.1, 0.15) is 25.0 Å². The summed E-state index contributed by atoms with van der Waals surface area (Å²) < 4.78 is 0. The van der Waals surface area contributed by atoms with Gasteiger partial charge in [-0.05, 0) is 24.0 Å². The maximum Gasteiger partial charge on any atom is 0.231 e. The zero-order valence-corrected chi connectivity index (χ0v) is 9.54. The molecule has 1 rings (SSSR count). The van der Waals surface area contributed by atoms with E-state index in [2.05, 4.69) is 38.1 Å². The molecule has 1 aromatic carbocycles. The first-order chi connectivity index (χ1) is 7.69. The van der Waals surface area contributed by atoms with Crippen LogP contribution in [0, 0.1) is 10.8 Å². The van der Waals surface area contributed by atoms with Crippen LogP contribution < -0.4 is 0 Å². The van der Waals surface area contributed by atoms with E-state index in [0.717, 1.165) is 25.0 Å². The molecule has 1 aromatic rings. The van der Waals surface area contributed by atoms with Crippen molar-refractivity contribution in [2.75, 3.05) is 0 Å². The first-order valence-corrected chi connectivity index (χ1v) is 4.85. The molecule has 4 heteroatoms. The highest BCUT2D eigenvalue weighted by Gasteiger charge is 1.89. The molecule has 0 aliphatic heterocycles. The fourth-order valence-corrected chi connectivity index (χ4v) is 1.07. The van der Waals surface area contributed by atoms with Crippen LogP contribution in [0.25, 0.3) is 0 Å². The minimum Gasteiger partial charge on any atom is -0.222 e. The van der Waals surface area contributed by atoms with Crippen LogP contribution in [0.3, 0.4) is 0 Å². The molecule has 16 heavy (non-hydrogen) atoms. The van der Waals surface area contributed by atoms with E-state index in [9.17, 15) is 0 Å². The molecular formula is C12H16N2O2. The van der Waals surface area contributed by atoms with E-state index in [1.165, 1.54) is 11.1 Å². The molecule has 0 aliphatic rings. The van der Waals surface area contributed by atoms with Gasteiger partial charge < -0.3 is 0 Å². The first kappa shape index (κ1) is 16.4. The molecule has 0 saturated heterocycles. The summed E-state index contributed by atoms with van der Waals surface area (Å²) in [5.41, 5.74) is 2.89. The van der Waals surface area contributed by atoms with Crippen LogP contribution in [0.4, 0.5) is 0 Å². The maximum atomic E-state index is 8.35. The van der Waals surface area contributed by atoms with Gasteiger partial charge in [-0.15, -0.1) is 0 Å². The molecule has 2 N–H and O–H groups in total. The standard InChI is InChI=1S/C10H14.2CHNO/c1-3-9-6-5-7-10(4-2)8-9;2*2-1-3/h5-8H,3-4H2,1-2H3;2*2H. The van der Waals surface area contributed by atoms with Crippen molar-refractivity contribution < 1.29 is 9.59 Å². The summed E-state index contributed by atoms with van der Waals surface area (Å²) >= 11 is 0. The first-order valence-electron chi connectivity index (χ1n) is 4.85. The van der Waals surface area contributed by atoms with Gasteiger partial charge in [0.25, 0.3) is 0 Å². The lowest BCUT2D eigenvalue weighted by atomic mass is 10.1. The second-order valence-electron chi connectivity index (χ2n) is 2.73. The van der Waals surface area contributed by atoms with Gasteiger partial charge in [-0.1, -0.05) is 38.1 Å². The van der Waals surface area contributed by atoms with Gasteiger partial charge in [-0.3, -0.25) is 0 Å². The Morgan fingerprint density at radius 1 is 1.00 bits per heavy atom. The van der Waals surface area contributed by atoms with Crippen LogP contribution in [0.15, 0.2) is 24.3 Å². The number of carbonyl (C=O) groups excluding carboxylic acids is 2. The van der Waals surface area contributed by atoms with Gasteiger partial charge in [0.05, 0.1) is 0 Å². The molecule has 4 nitrogen and oxygen atoms in total. The zero-order valence-electron chi connectivity index (χ0n) is 9.54. The summed E-state index contributed by atoms with van der Waals surface area (Å²) in [7, 11) is 0. The minimum atomic E-state index is 0.750. The topological polar surface area (TPSA) is 81.8 Å². The lowest BCUT2D eigenvalue weighted by molar-refractivity contribution is 0.562. The average Bonchev–Trinajstić information content (AvgIpc) is 2.31. The minimum absolute atomic E-state index is 0.750. The quantitative estimate of drug-likeness (QED) is 0.593. The Hall–Kier alpha value is -2.02. The van der Waals surface area contributed by atoms with Crippen molar-refractivity contribution in [2.24, 2.45) is 0 Å². The maximum absolute atomic E-state index is 8.35. The number of hydrogen-bond acceptors (Lipinski definition) is 4. The largest absolute Gasteiger partial charge is 0.231 e. The van der Waals surface area contributed by atoms with Crippen molar-refractivity contribution in [3.05, 3.63) is 35.4 Å². The monoisotopic (exact) mass is 220 g/mol. The number of benzene rings is 1. The van der Waals surface area contributed by atoms with Crippen LogP contribution >= 0.6 is 0 Å². The molecular weight excluding hydrogens is 204 g/mol. The van der Waals surface area contributed by atoms with E-state index < -0.39 is 0 Å². The molecule has 0 spiro atoms. The van der Waals surface area contributed by atoms with Gasteiger partial charge in [-0.25, -0.2) is 20.4 Å². The van der Waals surface area contributed by atoms with E-state index in [1.54, 1.807) is 0 Å². The van der Waals surface area contributed by atoms with E-state index in [0.29, 0.717) is 0 Å². The zero-order chi connectivity index (χ0) is 12.8. The number of rotatable bonds is 2. The number of aryl methyl sites for hydroxylation is 2. The lowest BCUT2D eigenvalue weighted by Gasteiger charge is -1.98. The molecule has 0 atom stereocenters. The smallest absolute Gasteiger partial charge is 0.222 e. The summed E-state index contributed by atoms with van der Waals surface area (Å²) in [6.07, 6.45) is 3.79. The molecule has 0 fully saturated rings. The molecule has 86 valence electrons. The second-order valence-corrected chi connectivity index (χ2v) is 2.73. The van der Waals surface area contributed by atoms with E-state index in [-0.39, 0.29) is 0 Å². The Morgan fingerprint density at radius 3 is 1.56 bits per heavy atom. The molecule has 0 heterocycles. The highest BCUT2D eigenvalue weighted by Crippen LogP contribution is 2.05. The normalized spacial score (nSPS) is 7.12. The second kappa shape index (κ2) is 13.0. The van der Waals surface area contributed by atoms with Gasteiger partial charge >= 0.3 is 0 Å². The molecule has 0 saturated carbocycles. The Bertz CT molecular complexity index is 319. The Morgan fingerprint density at radius 2 is 1.31 bits per heavy atom. The predicted octanol–water partition coefficient (Wildman–Crippen LogP) is 2.61. The fraction of sp³-hybridized carbons (Fsp3) is 0.333. The Labute approximate surface area is 95.3 Å². The SMILES string of the molecule is CCc1cccc(CC)c1.N=C=O.N=C=O. The van der Waals surface area contributed by atoms with E-state index >= 15 is 0 Å². The third kappa shape index (κ3) is 10.1. The van der Waals surface area contributed by atoms with Crippen LogP contribution in [-0.2, 0) is 22.4 Å². The van der Waals surface area contributed by atoms with Crippen LogP contribution in [0.5, 0.6) is 0 Å². The van der Waals surface area contributed by atoms with Crippen LogP contribution in [0.2, 0.25) is 0 Å². The van der Waals surface area contributed by atoms with Crippen LogP contribution in [-0.4, -0.2) is 12.2 Å². The molecule has 0 radical (unpaired) electrons. The van der Waals surface area contributed by atoms with Crippen molar-refractivity contribution in [3.63, 3.8) is 0 Å².